The van der Waals surface area contributed by atoms with E-state index in [1.165, 1.54) is 30.5 Å². The first kappa shape index (κ1) is 22.9. The van der Waals surface area contributed by atoms with E-state index in [1.807, 2.05) is 32.0 Å². The highest BCUT2D eigenvalue weighted by Crippen LogP contribution is 2.35. The van der Waals surface area contributed by atoms with Crippen LogP contribution < -0.4 is 19.5 Å². The molecule has 1 aliphatic heterocycles. The van der Waals surface area contributed by atoms with Crippen LogP contribution in [0.25, 0.3) is 0 Å². The first-order valence-corrected chi connectivity index (χ1v) is 12.0. The zero-order valence-corrected chi connectivity index (χ0v) is 19.3. The van der Waals surface area contributed by atoms with Crippen molar-refractivity contribution < 1.29 is 27.1 Å². The molecule has 0 saturated heterocycles. The van der Waals surface area contributed by atoms with E-state index in [-0.39, 0.29) is 22.8 Å². The second-order valence-corrected chi connectivity index (χ2v) is 10.1. The second kappa shape index (κ2) is 9.29. The van der Waals surface area contributed by atoms with Gasteiger partial charge in [0.25, 0.3) is 5.91 Å². The number of sulfonamides is 1. The van der Waals surface area contributed by atoms with E-state index in [2.05, 4.69) is 10.0 Å². The van der Waals surface area contributed by atoms with Crippen molar-refractivity contribution in [1.29, 1.82) is 0 Å². The van der Waals surface area contributed by atoms with Crippen LogP contribution in [-0.4, -0.2) is 34.1 Å². The number of ether oxygens (including phenoxy) is 2. The van der Waals surface area contributed by atoms with Gasteiger partial charge in [-0.05, 0) is 54.1 Å². The van der Waals surface area contributed by atoms with Crippen molar-refractivity contribution in [3.8, 4) is 11.5 Å². The maximum atomic E-state index is 12.7. The largest absolute Gasteiger partial charge is 0.486 e. The summed E-state index contributed by atoms with van der Waals surface area (Å²) in [4.78, 5) is 12.7. The Balaban J connectivity index is 1.37. The fourth-order valence-corrected chi connectivity index (χ4v) is 4.41. The molecule has 0 atom stereocenters. The fraction of sp³-hybridized carbons (Fsp3) is 0.292. The lowest BCUT2D eigenvalue weighted by molar-refractivity contribution is 0.0945. The van der Waals surface area contributed by atoms with E-state index in [9.17, 15) is 13.2 Å². The third-order valence-electron chi connectivity index (χ3n) is 5.46. The van der Waals surface area contributed by atoms with Crippen LogP contribution >= 0.6 is 0 Å². The number of hydrogen-bond acceptors (Lipinski definition) is 6. The maximum Gasteiger partial charge on any atom is 0.251 e. The summed E-state index contributed by atoms with van der Waals surface area (Å²) in [5.74, 6) is 1.65. The minimum absolute atomic E-state index is 0.0481. The Morgan fingerprint density at radius 1 is 1.00 bits per heavy atom. The summed E-state index contributed by atoms with van der Waals surface area (Å²) in [7, 11) is -3.72. The quantitative estimate of drug-likeness (QED) is 0.524. The zero-order valence-electron chi connectivity index (χ0n) is 18.5. The van der Waals surface area contributed by atoms with E-state index in [0.29, 0.717) is 36.8 Å². The lowest BCUT2D eigenvalue weighted by Gasteiger charge is -2.28. The predicted molar refractivity (Wildman–Crippen MR) is 122 cm³/mol. The third kappa shape index (κ3) is 5.37. The summed E-state index contributed by atoms with van der Waals surface area (Å²) in [5, 5.41) is 2.93. The van der Waals surface area contributed by atoms with E-state index >= 15 is 0 Å². The lowest BCUT2D eigenvalue weighted by Crippen LogP contribution is -2.36. The predicted octanol–water partition coefficient (Wildman–Crippen LogP) is 3.24. The minimum Gasteiger partial charge on any atom is -0.486 e. The summed E-state index contributed by atoms with van der Waals surface area (Å²) in [6, 6.07) is 15.0. The van der Waals surface area contributed by atoms with Gasteiger partial charge in [0.1, 0.15) is 19.0 Å². The van der Waals surface area contributed by atoms with Crippen LogP contribution in [0.4, 0.5) is 0 Å². The molecular weight excluding hydrogens is 444 g/mol. The molecule has 2 aromatic carbocycles. The van der Waals surface area contributed by atoms with Crippen molar-refractivity contribution in [3.63, 3.8) is 0 Å². The molecule has 0 radical (unpaired) electrons. The lowest BCUT2D eigenvalue weighted by atomic mass is 9.84. The molecule has 2 N–H and O–H groups in total. The standard InChI is InChI=1S/C24H26N2O6S/c1-24(2,18-7-10-21-22(14-18)32-13-12-31-21)16-25-23(27)17-5-8-20(9-6-17)33(28,29)26-15-19-4-3-11-30-19/h3-11,14,26H,12-13,15-16H2,1-2H3,(H,25,27). The molecule has 9 heteroatoms. The highest BCUT2D eigenvalue weighted by Gasteiger charge is 2.24. The number of hydrogen-bond donors (Lipinski definition) is 2. The fourth-order valence-electron chi connectivity index (χ4n) is 3.42. The van der Waals surface area contributed by atoms with Crippen molar-refractivity contribution in [1.82, 2.24) is 10.0 Å². The van der Waals surface area contributed by atoms with Crippen LogP contribution in [0.1, 0.15) is 35.5 Å². The van der Waals surface area contributed by atoms with Gasteiger partial charge in [-0.2, -0.15) is 0 Å². The van der Waals surface area contributed by atoms with Crippen molar-refractivity contribution in [2.24, 2.45) is 0 Å². The van der Waals surface area contributed by atoms with Gasteiger partial charge in [0, 0.05) is 17.5 Å². The molecule has 174 valence electrons. The molecule has 1 aromatic heterocycles. The van der Waals surface area contributed by atoms with Gasteiger partial charge in [-0.25, -0.2) is 13.1 Å². The topological polar surface area (TPSA) is 107 Å². The Hall–Kier alpha value is -3.30. The van der Waals surface area contributed by atoms with Gasteiger partial charge in [0.05, 0.1) is 17.7 Å². The minimum atomic E-state index is -3.72. The first-order valence-electron chi connectivity index (χ1n) is 10.6. The maximum absolute atomic E-state index is 12.7. The molecule has 0 spiro atoms. The molecule has 0 aliphatic carbocycles. The van der Waals surface area contributed by atoms with Crippen LogP contribution in [0.15, 0.2) is 70.2 Å². The van der Waals surface area contributed by atoms with Gasteiger partial charge in [0.15, 0.2) is 11.5 Å². The van der Waals surface area contributed by atoms with E-state index < -0.39 is 10.0 Å². The van der Waals surface area contributed by atoms with Crippen molar-refractivity contribution in [3.05, 3.63) is 77.7 Å². The van der Waals surface area contributed by atoms with Crippen molar-refractivity contribution in [2.75, 3.05) is 19.8 Å². The molecule has 8 nitrogen and oxygen atoms in total. The van der Waals surface area contributed by atoms with Gasteiger partial charge < -0.3 is 19.2 Å². The Kier molecular flexibility index (Phi) is 6.44. The highest BCUT2D eigenvalue weighted by atomic mass is 32.2. The average Bonchev–Trinajstić information content (AvgIpc) is 3.35. The number of nitrogens with one attached hydrogen (secondary N) is 2. The molecule has 0 unspecified atom stereocenters. The van der Waals surface area contributed by atoms with Crippen molar-refractivity contribution in [2.45, 2.75) is 30.7 Å². The summed E-state index contributed by atoms with van der Waals surface area (Å²) in [6.07, 6.45) is 1.48. The normalized spacial score (nSPS) is 13.5. The SMILES string of the molecule is CC(C)(CNC(=O)c1ccc(S(=O)(=O)NCc2ccco2)cc1)c1ccc2c(c1)OCCO2. The van der Waals surface area contributed by atoms with Crippen LogP contribution in [0, 0.1) is 0 Å². The smallest absolute Gasteiger partial charge is 0.251 e. The monoisotopic (exact) mass is 470 g/mol. The Morgan fingerprint density at radius 3 is 2.42 bits per heavy atom. The average molecular weight is 471 g/mol. The summed E-state index contributed by atoms with van der Waals surface area (Å²) in [6.45, 7) is 5.53. The molecule has 33 heavy (non-hydrogen) atoms. The van der Waals surface area contributed by atoms with E-state index in [0.717, 1.165) is 11.3 Å². The number of carbonyl (C=O) groups excluding carboxylic acids is 1. The van der Waals surface area contributed by atoms with Crippen LogP contribution in [0.5, 0.6) is 11.5 Å². The molecular formula is C24H26N2O6S. The van der Waals surface area contributed by atoms with Crippen LogP contribution in [0.3, 0.4) is 0 Å². The number of carbonyl (C=O) groups is 1. The van der Waals surface area contributed by atoms with Crippen LogP contribution in [-0.2, 0) is 22.0 Å². The zero-order chi connectivity index (χ0) is 23.5. The molecule has 1 aliphatic rings. The van der Waals surface area contributed by atoms with Gasteiger partial charge >= 0.3 is 0 Å². The van der Waals surface area contributed by atoms with Crippen molar-refractivity contribution >= 4 is 15.9 Å². The Morgan fingerprint density at radius 2 is 1.73 bits per heavy atom. The summed E-state index contributed by atoms with van der Waals surface area (Å²) < 4.78 is 43.7. The van der Waals surface area contributed by atoms with Gasteiger partial charge in [0.2, 0.25) is 10.0 Å². The molecule has 0 saturated carbocycles. The molecule has 0 fully saturated rings. The number of rotatable bonds is 8. The number of benzene rings is 2. The second-order valence-electron chi connectivity index (χ2n) is 8.35. The highest BCUT2D eigenvalue weighted by molar-refractivity contribution is 7.89. The number of furan rings is 1. The summed E-state index contributed by atoms with van der Waals surface area (Å²) in [5.41, 5.74) is 1.03. The summed E-state index contributed by atoms with van der Waals surface area (Å²) >= 11 is 0. The van der Waals surface area contributed by atoms with E-state index in [1.54, 1.807) is 12.1 Å². The number of fused-ring (bicyclic) bond motifs is 1. The Bertz CT molecular complexity index is 1220. The Labute approximate surface area is 193 Å². The third-order valence-corrected chi connectivity index (χ3v) is 6.88. The molecule has 1 amide bonds. The van der Waals surface area contributed by atoms with Gasteiger partial charge in [-0.15, -0.1) is 0 Å². The van der Waals surface area contributed by atoms with Crippen LogP contribution in [0.2, 0.25) is 0 Å². The van der Waals surface area contributed by atoms with Gasteiger partial charge in [-0.3, -0.25) is 4.79 Å². The van der Waals surface area contributed by atoms with E-state index in [4.69, 9.17) is 13.9 Å². The molecule has 2 heterocycles. The first-order chi connectivity index (χ1) is 15.7. The molecule has 3 aromatic rings. The van der Waals surface area contributed by atoms with Gasteiger partial charge in [-0.1, -0.05) is 19.9 Å². The molecule has 0 bridgehead atoms. The number of amides is 1. The molecule has 4 rings (SSSR count).